The van der Waals surface area contributed by atoms with E-state index in [1.165, 1.54) is 23.0 Å². The number of nitrogens with one attached hydrogen (secondary N) is 1. The van der Waals surface area contributed by atoms with Crippen LogP contribution in [0.4, 0.5) is 24.7 Å². The molecule has 39 heavy (non-hydrogen) atoms. The van der Waals surface area contributed by atoms with Gasteiger partial charge >= 0.3 is 6.36 Å². The first kappa shape index (κ1) is 24.6. The number of nitrogens with zero attached hydrogens (tertiary/aromatic N) is 5. The highest BCUT2D eigenvalue weighted by molar-refractivity contribution is 6.11. The minimum Gasteiger partial charge on any atom is -0.405 e. The number of halogens is 3. The lowest BCUT2D eigenvalue weighted by Crippen LogP contribution is -2.34. The second-order valence-corrected chi connectivity index (χ2v) is 9.60. The average Bonchev–Trinajstić information content (AvgIpc) is 3.60. The number of benzene rings is 1. The number of rotatable bonds is 6. The molecule has 0 spiro atoms. The van der Waals surface area contributed by atoms with E-state index in [2.05, 4.69) is 25.1 Å². The number of pyridine rings is 1. The third-order valence-electron chi connectivity index (χ3n) is 6.98. The number of hydrogen-bond donors (Lipinski definition) is 2. The van der Waals surface area contributed by atoms with Gasteiger partial charge in [0.25, 0.3) is 11.8 Å². The Kier molecular flexibility index (Phi) is 5.66. The smallest absolute Gasteiger partial charge is 0.405 e. The van der Waals surface area contributed by atoms with Crippen molar-refractivity contribution in [2.24, 2.45) is 5.92 Å². The highest BCUT2D eigenvalue weighted by Gasteiger charge is 2.42. The fourth-order valence-corrected chi connectivity index (χ4v) is 4.91. The lowest BCUT2D eigenvalue weighted by Gasteiger charge is -2.24. The van der Waals surface area contributed by atoms with E-state index in [0.717, 1.165) is 18.9 Å². The van der Waals surface area contributed by atoms with E-state index < -0.39 is 23.9 Å². The van der Waals surface area contributed by atoms with Gasteiger partial charge in [0.05, 0.1) is 23.1 Å². The topological polar surface area (TPSA) is 128 Å². The van der Waals surface area contributed by atoms with E-state index in [0.29, 0.717) is 17.2 Å². The number of alkyl halides is 3. The molecule has 1 aliphatic heterocycles. The largest absolute Gasteiger partial charge is 0.573 e. The summed E-state index contributed by atoms with van der Waals surface area (Å²) in [6.07, 6.45) is 1.47. The van der Waals surface area contributed by atoms with Crippen LogP contribution in [0.2, 0.25) is 0 Å². The Balaban J connectivity index is 1.41. The maximum Gasteiger partial charge on any atom is 0.573 e. The number of carbonyl (C=O) groups excluding carboxylic acids is 2. The van der Waals surface area contributed by atoms with E-state index in [1.54, 1.807) is 29.3 Å². The number of hydrogen-bond acceptors (Lipinski definition) is 7. The maximum atomic E-state index is 13.4. The molecule has 1 aliphatic carbocycles. The van der Waals surface area contributed by atoms with Crippen LogP contribution in [0.1, 0.15) is 46.0 Å². The van der Waals surface area contributed by atoms with Crippen LogP contribution in [0.5, 0.6) is 5.75 Å². The third kappa shape index (κ3) is 4.60. The number of anilines is 2. The molecule has 6 rings (SSSR count). The van der Waals surface area contributed by atoms with E-state index in [9.17, 15) is 22.8 Å². The Morgan fingerprint density at radius 1 is 1.26 bits per heavy atom. The van der Waals surface area contributed by atoms with Crippen LogP contribution in [-0.2, 0) is 6.54 Å². The van der Waals surface area contributed by atoms with E-state index in [4.69, 9.17) is 5.73 Å². The van der Waals surface area contributed by atoms with Crippen molar-refractivity contribution in [1.29, 1.82) is 0 Å². The fourth-order valence-electron chi connectivity index (χ4n) is 4.91. The van der Waals surface area contributed by atoms with Crippen LogP contribution in [0, 0.1) is 5.92 Å². The molecule has 0 radical (unpaired) electrons. The first-order chi connectivity index (χ1) is 18.6. The van der Waals surface area contributed by atoms with Gasteiger partial charge in [0.2, 0.25) is 0 Å². The molecule has 10 nitrogen and oxygen atoms in total. The van der Waals surface area contributed by atoms with Gasteiger partial charge in [-0.2, -0.15) is 0 Å². The second kappa shape index (κ2) is 8.96. The van der Waals surface area contributed by atoms with Crippen LogP contribution < -0.4 is 15.8 Å². The van der Waals surface area contributed by atoms with Gasteiger partial charge in [-0.3, -0.25) is 14.6 Å². The molecule has 3 N–H and O–H groups in total. The summed E-state index contributed by atoms with van der Waals surface area (Å²) in [5.41, 5.74) is 7.37. The summed E-state index contributed by atoms with van der Waals surface area (Å²) in [5, 5.41) is 6.80. The number of ether oxygens (including phenoxy) is 1. The van der Waals surface area contributed by atoms with Crippen LogP contribution in [-0.4, -0.2) is 48.7 Å². The molecule has 200 valence electrons. The molecule has 13 heteroatoms. The summed E-state index contributed by atoms with van der Waals surface area (Å²) >= 11 is 0. The Morgan fingerprint density at radius 2 is 2.05 bits per heavy atom. The van der Waals surface area contributed by atoms with Crippen LogP contribution >= 0.6 is 0 Å². The van der Waals surface area contributed by atoms with Crippen molar-refractivity contribution in [3.05, 3.63) is 65.6 Å². The zero-order chi connectivity index (χ0) is 27.5. The minimum absolute atomic E-state index is 0.00626. The highest BCUT2D eigenvalue weighted by atomic mass is 19.4. The molecule has 1 atom stereocenters. The monoisotopic (exact) mass is 537 g/mol. The summed E-state index contributed by atoms with van der Waals surface area (Å²) in [5.74, 6) is -1.40. The average molecular weight is 538 g/mol. The summed E-state index contributed by atoms with van der Waals surface area (Å²) < 4.78 is 45.7. The lowest BCUT2D eigenvalue weighted by molar-refractivity contribution is -0.274. The molecular weight excluding hydrogens is 515 g/mol. The van der Waals surface area contributed by atoms with Crippen molar-refractivity contribution in [3.63, 3.8) is 0 Å². The Morgan fingerprint density at radius 3 is 2.74 bits per heavy atom. The van der Waals surface area contributed by atoms with Gasteiger partial charge < -0.3 is 20.7 Å². The van der Waals surface area contributed by atoms with Crippen molar-refractivity contribution in [2.75, 3.05) is 11.1 Å². The number of nitrogen functional groups attached to an aromatic ring is 1. The lowest BCUT2D eigenvalue weighted by atomic mass is 10.0. The molecule has 1 aromatic carbocycles. The molecule has 2 amide bonds. The van der Waals surface area contributed by atoms with Gasteiger partial charge in [-0.05, 0) is 61.6 Å². The van der Waals surface area contributed by atoms with Gasteiger partial charge in [-0.1, -0.05) is 0 Å². The van der Waals surface area contributed by atoms with Crippen LogP contribution in [0.15, 0.2) is 48.9 Å². The van der Waals surface area contributed by atoms with Crippen molar-refractivity contribution >= 4 is 29.0 Å². The highest BCUT2D eigenvalue weighted by Crippen LogP contribution is 2.42. The van der Waals surface area contributed by atoms with Gasteiger partial charge in [-0.15, -0.1) is 18.3 Å². The summed E-state index contributed by atoms with van der Waals surface area (Å²) in [7, 11) is 0. The molecular formula is C26H22F3N7O3. The first-order valence-electron chi connectivity index (χ1n) is 12.2. The summed E-state index contributed by atoms with van der Waals surface area (Å²) in [4.78, 5) is 36.2. The second-order valence-electron chi connectivity index (χ2n) is 9.60. The predicted molar refractivity (Wildman–Crippen MR) is 134 cm³/mol. The van der Waals surface area contributed by atoms with E-state index >= 15 is 0 Å². The third-order valence-corrected chi connectivity index (χ3v) is 6.98. The minimum atomic E-state index is -5.00. The molecule has 3 aromatic heterocycles. The zero-order valence-corrected chi connectivity index (χ0v) is 20.6. The Bertz CT molecular complexity index is 1620. The van der Waals surface area contributed by atoms with Crippen LogP contribution in [0.25, 0.3) is 16.9 Å². The molecule has 0 unspecified atom stereocenters. The number of amides is 2. The summed E-state index contributed by atoms with van der Waals surface area (Å²) in [6, 6.07) is 7.50. The molecule has 0 bridgehead atoms. The van der Waals surface area contributed by atoms with E-state index in [1.807, 2.05) is 6.92 Å². The Labute approximate surface area is 219 Å². The van der Waals surface area contributed by atoms with Gasteiger partial charge in [-0.25, -0.2) is 9.50 Å². The summed E-state index contributed by atoms with van der Waals surface area (Å²) in [6.45, 7) is 2.07. The molecule has 1 saturated carbocycles. The standard InChI is InChI=1S/C26H22F3N7O3/c1-13(14-4-5-14)35-12-16-9-15(10-19(20(16)25(35)38)39-26(27,28)29)18-6-8-36-23(33-18)21(22(30)34-36)24(37)32-17-3-2-7-31-11-17/h2-3,6-11,13-14H,4-5,12H2,1H3,(H2,30,34)(H,32,37)/t13-/m0/s1. The first-order valence-corrected chi connectivity index (χ1v) is 12.2. The number of nitrogens with two attached hydrogens (primary N) is 1. The van der Waals surface area contributed by atoms with Crippen molar-refractivity contribution in [2.45, 2.75) is 38.7 Å². The number of aromatic nitrogens is 4. The van der Waals surface area contributed by atoms with Gasteiger partial charge in [0.1, 0.15) is 11.3 Å². The molecule has 0 saturated heterocycles. The normalized spacial score (nSPS) is 15.9. The van der Waals surface area contributed by atoms with E-state index in [-0.39, 0.29) is 46.4 Å². The van der Waals surface area contributed by atoms with Crippen LogP contribution in [0.3, 0.4) is 0 Å². The number of carbonyl (C=O) groups is 2. The fraction of sp³-hybridized carbons (Fsp3) is 0.269. The SMILES string of the molecule is C[C@@H](C1CC1)N1Cc2cc(-c3ccn4nc(N)c(C(=O)Nc5cccnc5)c4n3)cc(OC(F)(F)F)c2C1=O. The number of fused-ring (bicyclic) bond motifs is 2. The maximum absolute atomic E-state index is 13.4. The Hall–Kier alpha value is -4.68. The van der Waals surface area contributed by atoms with Crippen molar-refractivity contribution in [3.8, 4) is 17.0 Å². The van der Waals surface area contributed by atoms with Crippen molar-refractivity contribution < 1.29 is 27.5 Å². The predicted octanol–water partition coefficient (Wildman–Crippen LogP) is 4.28. The van der Waals surface area contributed by atoms with Crippen molar-refractivity contribution in [1.82, 2.24) is 24.5 Å². The van der Waals surface area contributed by atoms with Gasteiger partial charge in [0.15, 0.2) is 11.5 Å². The van der Waals surface area contributed by atoms with Gasteiger partial charge in [0, 0.05) is 30.5 Å². The molecule has 2 aliphatic rings. The quantitative estimate of drug-likeness (QED) is 0.376. The molecule has 4 aromatic rings. The molecule has 4 heterocycles. The zero-order valence-electron chi connectivity index (χ0n) is 20.6. The molecule has 1 fully saturated rings.